The number of hydrogen-bond donors (Lipinski definition) is 2. The van der Waals surface area contributed by atoms with E-state index in [0.29, 0.717) is 24.3 Å². The maximum atomic E-state index is 8.63. The van der Waals surface area contributed by atoms with Crippen LogP contribution < -0.4 is 5.73 Å². The molecule has 102 valence electrons. The summed E-state index contributed by atoms with van der Waals surface area (Å²) in [5.74, 6) is 1.01. The molecule has 0 spiro atoms. The molecule has 0 bridgehead atoms. The molecule has 0 heterocycles. The van der Waals surface area contributed by atoms with Gasteiger partial charge in [0.2, 0.25) is 0 Å². The van der Waals surface area contributed by atoms with Crippen LogP contribution in [0, 0.1) is 5.92 Å². The standard InChI is InChI=1S/C13H29N3O/c1-5-7-8-12(6-2)9-16(11(3)4)10-13(14)15-17/h11-12,17H,5-10H2,1-4H3,(H2,14,15). The van der Waals surface area contributed by atoms with E-state index in [1.807, 2.05) is 0 Å². The molecule has 0 amide bonds. The smallest absolute Gasteiger partial charge is 0.153 e. The number of rotatable bonds is 9. The third kappa shape index (κ3) is 7.21. The van der Waals surface area contributed by atoms with Crippen LogP contribution >= 0.6 is 0 Å². The fraction of sp³-hybridized carbons (Fsp3) is 0.923. The summed E-state index contributed by atoms with van der Waals surface area (Å²) in [6, 6.07) is 0.422. The quantitative estimate of drug-likeness (QED) is 0.283. The fourth-order valence-corrected chi connectivity index (χ4v) is 1.95. The first-order valence-electron chi connectivity index (χ1n) is 6.75. The molecule has 0 saturated carbocycles. The van der Waals surface area contributed by atoms with Crippen LogP contribution in [0.5, 0.6) is 0 Å². The number of oxime groups is 1. The van der Waals surface area contributed by atoms with Crippen molar-refractivity contribution in [1.29, 1.82) is 0 Å². The highest BCUT2D eigenvalue weighted by Gasteiger charge is 2.16. The van der Waals surface area contributed by atoms with Crippen LogP contribution in [0.3, 0.4) is 0 Å². The Morgan fingerprint density at radius 2 is 2.00 bits per heavy atom. The summed E-state index contributed by atoms with van der Waals surface area (Å²) in [7, 11) is 0. The number of hydrogen-bond acceptors (Lipinski definition) is 3. The Kier molecular flexibility index (Phi) is 8.86. The van der Waals surface area contributed by atoms with Crippen molar-refractivity contribution in [2.45, 2.75) is 59.4 Å². The Morgan fingerprint density at radius 3 is 2.41 bits per heavy atom. The molecule has 0 radical (unpaired) electrons. The lowest BCUT2D eigenvalue weighted by Crippen LogP contribution is -2.41. The predicted octanol–water partition coefficient (Wildman–Crippen LogP) is 2.66. The summed E-state index contributed by atoms with van der Waals surface area (Å²) < 4.78 is 0. The van der Waals surface area contributed by atoms with E-state index in [1.54, 1.807) is 0 Å². The molecule has 0 aliphatic carbocycles. The number of unbranched alkanes of at least 4 members (excludes halogenated alkanes) is 1. The monoisotopic (exact) mass is 243 g/mol. The minimum atomic E-state index is 0.295. The van der Waals surface area contributed by atoms with E-state index in [4.69, 9.17) is 10.9 Å². The lowest BCUT2D eigenvalue weighted by Gasteiger charge is -2.29. The second kappa shape index (κ2) is 9.28. The Balaban J connectivity index is 4.30. The van der Waals surface area contributed by atoms with Crippen LogP contribution in [0.25, 0.3) is 0 Å². The van der Waals surface area contributed by atoms with Crippen molar-refractivity contribution in [3.8, 4) is 0 Å². The molecule has 0 aromatic carbocycles. The van der Waals surface area contributed by atoms with Gasteiger partial charge in [0.15, 0.2) is 5.84 Å². The highest BCUT2D eigenvalue weighted by molar-refractivity contribution is 5.81. The van der Waals surface area contributed by atoms with Gasteiger partial charge in [-0.3, -0.25) is 4.90 Å². The zero-order chi connectivity index (χ0) is 13.3. The van der Waals surface area contributed by atoms with Crippen molar-refractivity contribution < 1.29 is 5.21 Å². The van der Waals surface area contributed by atoms with Gasteiger partial charge < -0.3 is 10.9 Å². The summed E-state index contributed by atoms with van der Waals surface area (Å²) in [6.07, 6.45) is 5.00. The number of amidine groups is 1. The lowest BCUT2D eigenvalue weighted by atomic mass is 9.98. The van der Waals surface area contributed by atoms with Crippen molar-refractivity contribution in [3.63, 3.8) is 0 Å². The Labute approximate surface area is 106 Å². The molecule has 0 saturated heterocycles. The average molecular weight is 243 g/mol. The van der Waals surface area contributed by atoms with Gasteiger partial charge >= 0.3 is 0 Å². The fourth-order valence-electron chi connectivity index (χ4n) is 1.95. The highest BCUT2D eigenvalue weighted by atomic mass is 16.4. The maximum Gasteiger partial charge on any atom is 0.153 e. The van der Waals surface area contributed by atoms with E-state index < -0.39 is 0 Å². The van der Waals surface area contributed by atoms with Crippen LogP contribution in [0.1, 0.15) is 53.4 Å². The minimum absolute atomic E-state index is 0.295. The van der Waals surface area contributed by atoms with Crippen molar-refractivity contribution in [2.75, 3.05) is 13.1 Å². The molecule has 4 nitrogen and oxygen atoms in total. The van der Waals surface area contributed by atoms with E-state index in [-0.39, 0.29) is 0 Å². The van der Waals surface area contributed by atoms with Gasteiger partial charge in [-0.1, -0.05) is 38.3 Å². The molecular formula is C13H29N3O. The van der Waals surface area contributed by atoms with Crippen molar-refractivity contribution in [2.24, 2.45) is 16.8 Å². The van der Waals surface area contributed by atoms with Crippen LogP contribution in [-0.2, 0) is 0 Å². The highest BCUT2D eigenvalue weighted by Crippen LogP contribution is 2.15. The van der Waals surface area contributed by atoms with Crippen molar-refractivity contribution >= 4 is 5.84 Å². The van der Waals surface area contributed by atoms with E-state index in [0.717, 1.165) is 6.54 Å². The van der Waals surface area contributed by atoms with Crippen LogP contribution in [-0.4, -0.2) is 35.1 Å². The lowest BCUT2D eigenvalue weighted by molar-refractivity contribution is 0.199. The molecule has 0 aliphatic heterocycles. The van der Waals surface area contributed by atoms with Gasteiger partial charge in [-0.2, -0.15) is 0 Å². The first-order chi connectivity index (χ1) is 8.04. The van der Waals surface area contributed by atoms with Crippen LogP contribution in [0.4, 0.5) is 0 Å². The third-order valence-electron chi connectivity index (χ3n) is 3.26. The van der Waals surface area contributed by atoms with Gasteiger partial charge in [0, 0.05) is 12.6 Å². The summed E-state index contributed by atoms with van der Waals surface area (Å²) in [4.78, 5) is 2.28. The molecule has 4 heteroatoms. The van der Waals surface area contributed by atoms with Gasteiger partial charge in [0.1, 0.15) is 0 Å². The molecule has 1 unspecified atom stereocenters. The summed E-state index contributed by atoms with van der Waals surface area (Å²) in [5, 5.41) is 11.7. The van der Waals surface area contributed by atoms with Gasteiger partial charge in [0.05, 0.1) is 6.54 Å². The zero-order valence-electron chi connectivity index (χ0n) is 11.8. The average Bonchev–Trinajstić information content (AvgIpc) is 2.32. The van der Waals surface area contributed by atoms with E-state index in [2.05, 4.69) is 37.8 Å². The second-order valence-corrected chi connectivity index (χ2v) is 5.03. The van der Waals surface area contributed by atoms with Gasteiger partial charge in [-0.25, -0.2) is 0 Å². The van der Waals surface area contributed by atoms with Gasteiger partial charge in [-0.15, -0.1) is 0 Å². The first kappa shape index (κ1) is 16.2. The van der Waals surface area contributed by atoms with Crippen LogP contribution in [0.15, 0.2) is 5.16 Å². The molecule has 0 aromatic heterocycles. The molecule has 17 heavy (non-hydrogen) atoms. The Hall–Kier alpha value is -0.770. The summed E-state index contributed by atoms with van der Waals surface area (Å²) >= 11 is 0. The molecule has 0 aliphatic rings. The Morgan fingerprint density at radius 1 is 1.35 bits per heavy atom. The molecule has 0 fully saturated rings. The molecule has 0 rings (SSSR count). The first-order valence-corrected chi connectivity index (χ1v) is 6.75. The van der Waals surface area contributed by atoms with Crippen LogP contribution in [0.2, 0.25) is 0 Å². The molecule has 3 N–H and O–H groups in total. The normalized spacial score (nSPS) is 14.6. The maximum absolute atomic E-state index is 8.63. The summed E-state index contributed by atoms with van der Waals surface area (Å²) in [5.41, 5.74) is 5.59. The van der Waals surface area contributed by atoms with Crippen molar-refractivity contribution in [3.05, 3.63) is 0 Å². The van der Waals surface area contributed by atoms with Gasteiger partial charge in [-0.05, 0) is 26.2 Å². The Bertz CT molecular complexity index is 217. The topological polar surface area (TPSA) is 61.8 Å². The minimum Gasteiger partial charge on any atom is -0.409 e. The summed E-state index contributed by atoms with van der Waals surface area (Å²) in [6.45, 7) is 10.3. The molecule has 1 atom stereocenters. The zero-order valence-corrected chi connectivity index (χ0v) is 11.8. The second-order valence-electron chi connectivity index (χ2n) is 5.03. The number of nitrogens with two attached hydrogens (primary N) is 1. The largest absolute Gasteiger partial charge is 0.409 e. The molecule has 0 aromatic rings. The predicted molar refractivity (Wildman–Crippen MR) is 73.4 cm³/mol. The van der Waals surface area contributed by atoms with E-state index in [9.17, 15) is 0 Å². The number of nitrogens with zero attached hydrogens (tertiary/aromatic N) is 2. The van der Waals surface area contributed by atoms with E-state index >= 15 is 0 Å². The van der Waals surface area contributed by atoms with E-state index in [1.165, 1.54) is 25.7 Å². The SMILES string of the molecule is CCCCC(CC)CN(CC(N)=NO)C(C)C. The molecular weight excluding hydrogens is 214 g/mol. The van der Waals surface area contributed by atoms with Gasteiger partial charge in [0.25, 0.3) is 0 Å². The third-order valence-corrected chi connectivity index (χ3v) is 3.26. The van der Waals surface area contributed by atoms with Crippen molar-refractivity contribution in [1.82, 2.24) is 4.90 Å².